The van der Waals surface area contributed by atoms with Crippen LogP contribution in [0.2, 0.25) is 0 Å². The fourth-order valence-electron chi connectivity index (χ4n) is 2.82. The van der Waals surface area contributed by atoms with E-state index in [1.165, 1.54) is 18.4 Å². The summed E-state index contributed by atoms with van der Waals surface area (Å²) in [5.74, 6) is 0.199. The molecule has 0 bridgehead atoms. The highest BCUT2D eigenvalue weighted by molar-refractivity contribution is 7.19. The molecule has 2 unspecified atom stereocenters. The Kier molecular flexibility index (Phi) is 6.12. The molecule has 3 aromatic rings. The van der Waals surface area contributed by atoms with Crippen molar-refractivity contribution in [1.29, 1.82) is 0 Å². The number of aromatic nitrogens is 4. The lowest BCUT2D eigenvalue weighted by Crippen LogP contribution is -2.47. The average Bonchev–Trinajstić information content (AvgIpc) is 3.28. The second-order valence-corrected chi connectivity index (χ2v) is 7.82. The molecule has 2 amide bonds. The first-order valence-electron chi connectivity index (χ1n) is 9.29. The number of benzene rings is 1. The van der Waals surface area contributed by atoms with Crippen LogP contribution in [0.5, 0.6) is 0 Å². The Hall–Kier alpha value is -3.01. The quantitative estimate of drug-likeness (QED) is 0.597. The first kappa shape index (κ1) is 20.7. The number of nitrogens with zero attached hydrogens (tertiary/aromatic N) is 4. The Morgan fingerprint density at radius 3 is 2.69 bits per heavy atom. The summed E-state index contributed by atoms with van der Waals surface area (Å²) in [5.41, 5.74) is 2.38. The smallest absolute Gasteiger partial charge is 0.328 e. The van der Waals surface area contributed by atoms with Crippen LogP contribution in [0.4, 0.5) is 10.5 Å². The number of urea groups is 1. The van der Waals surface area contributed by atoms with Gasteiger partial charge in [0.25, 0.3) is 0 Å². The van der Waals surface area contributed by atoms with Crippen LogP contribution in [0.15, 0.2) is 18.2 Å². The van der Waals surface area contributed by atoms with Crippen molar-refractivity contribution in [2.24, 2.45) is 5.92 Å². The molecule has 0 aliphatic heterocycles. The fraction of sp³-hybridized carbons (Fsp3) is 0.421. The molecule has 154 valence electrons. The van der Waals surface area contributed by atoms with Gasteiger partial charge in [0.2, 0.25) is 4.96 Å². The van der Waals surface area contributed by atoms with Crippen molar-refractivity contribution in [3.63, 3.8) is 0 Å². The molecule has 29 heavy (non-hydrogen) atoms. The molecule has 2 aromatic heterocycles. The van der Waals surface area contributed by atoms with E-state index >= 15 is 0 Å². The highest BCUT2D eigenvalue weighted by Gasteiger charge is 2.26. The third-order valence-corrected chi connectivity index (χ3v) is 5.78. The van der Waals surface area contributed by atoms with Gasteiger partial charge in [-0.05, 0) is 31.4 Å². The minimum atomic E-state index is -0.712. The lowest BCUT2D eigenvalue weighted by atomic mass is 9.99. The van der Waals surface area contributed by atoms with Gasteiger partial charge in [-0.3, -0.25) is 0 Å². The van der Waals surface area contributed by atoms with Crippen molar-refractivity contribution < 1.29 is 14.3 Å². The zero-order chi connectivity index (χ0) is 21.1. The molecule has 10 heteroatoms. The number of carbonyl (C=O) groups excluding carboxylic acids is 2. The molecule has 0 radical (unpaired) electrons. The van der Waals surface area contributed by atoms with Crippen molar-refractivity contribution in [1.82, 2.24) is 25.1 Å². The number of anilines is 1. The standard InChI is InChI=1S/C19H24N6O3S/c1-6-10(2)15(17(26)28-5)21-18(27)20-14-9-13(8-7-11(14)3)16-24-25-12(4)22-23-19(25)29-16/h7-10,15H,6H2,1-5H3,(H2,20,21,27). The van der Waals surface area contributed by atoms with Gasteiger partial charge >= 0.3 is 12.0 Å². The van der Waals surface area contributed by atoms with E-state index in [0.717, 1.165) is 22.6 Å². The van der Waals surface area contributed by atoms with Crippen molar-refractivity contribution in [2.75, 3.05) is 12.4 Å². The van der Waals surface area contributed by atoms with Crippen LogP contribution in [0, 0.1) is 19.8 Å². The van der Waals surface area contributed by atoms with Crippen molar-refractivity contribution >= 4 is 34.0 Å². The number of rotatable bonds is 6. The zero-order valence-corrected chi connectivity index (χ0v) is 17.8. The molecular formula is C19H24N6O3S. The van der Waals surface area contributed by atoms with Crippen molar-refractivity contribution in [3.8, 4) is 10.6 Å². The Balaban J connectivity index is 1.80. The van der Waals surface area contributed by atoms with Gasteiger partial charge in [0.1, 0.15) is 11.0 Å². The summed E-state index contributed by atoms with van der Waals surface area (Å²) in [5, 5.41) is 18.9. The fourth-order valence-corrected chi connectivity index (χ4v) is 3.70. The van der Waals surface area contributed by atoms with E-state index in [1.807, 2.05) is 45.9 Å². The molecule has 2 N–H and O–H groups in total. The van der Waals surface area contributed by atoms with Crippen LogP contribution in [-0.4, -0.2) is 45.0 Å². The first-order chi connectivity index (χ1) is 13.8. The van der Waals surface area contributed by atoms with E-state index in [4.69, 9.17) is 4.74 Å². The Morgan fingerprint density at radius 2 is 2.03 bits per heavy atom. The normalized spacial score (nSPS) is 13.1. The second-order valence-electron chi connectivity index (χ2n) is 6.86. The monoisotopic (exact) mass is 416 g/mol. The molecular weight excluding hydrogens is 392 g/mol. The van der Waals surface area contributed by atoms with Gasteiger partial charge < -0.3 is 15.4 Å². The third kappa shape index (κ3) is 4.37. The molecule has 0 fully saturated rings. The summed E-state index contributed by atoms with van der Waals surface area (Å²) in [6, 6.07) is 4.53. The van der Waals surface area contributed by atoms with E-state index in [-0.39, 0.29) is 5.92 Å². The SMILES string of the molecule is CCC(C)C(NC(=O)Nc1cc(-c2nn3c(C)nnc3s2)ccc1C)C(=O)OC. The Morgan fingerprint density at radius 1 is 1.28 bits per heavy atom. The number of methoxy groups -OCH3 is 1. The predicted molar refractivity (Wildman–Crippen MR) is 111 cm³/mol. The van der Waals surface area contributed by atoms with Crippen LogP contribution < -0.4 is 10.6 Å². The van der Waals surface area contributed by atoms with Crippen molar-refractivity contribution in [3.05, 3.63) is 29.6 Å². The number of amides is 2. The largest absolute Gasteiger partial charge is 0.467 e. The summed E-state index contributed by atoms with van der Waals surface area (Å²) in [7, 11) is 1.31. The predicted octanol–water partition coefficient (Wildman–Crippen LogP) is 3.18. The lowest BCUT2D eigenvalue weighted by molar-refractivity contribution is -0.144. The Labute approximate surface area is 172 Å². The summed E-state index contributed by atoms with van der Waals surface area (Å²) in [4.78, 5) is 25.3. The van der Waals surface area contributed by atoms with Gasteiger partial charge in [-0.2, -0.15) is 9.61 Å². The van der Waals surface area contributed by atoms with Crippen LogP contribution in [-0.2, 0) is 9.53 Å². The summed E-state index contributed by atoms with van der Waals surface area (Å²) in [6.07, 6.45) is 0.731. The van der Waals surface area contributed by atoms with Crippen LogP contribution in [0.25, 0.3) is 15.5 Å². The second kappa shape index (κ2) is 8.56. The van der Waals surface area contributed by atoms with Gasteiger partial charge in [0, 0.05) is 11.3 Å². The molecule has 0 saturated heterocycles. The number of esters is 1. The number of nitrogens with one attached hydrogen (secondary N) is 2. The van der Waals surface area contributed by atoms with E-state index in [1.54, 1.807) is 4.52 Å². The van der Waals surface area contributed by atoms with Crippen LogP contribution >= 0.6 is 11.3 Å². The number of aryl methyl sites for hydroxylation is 2. The molecule has 0 aliphatic rings. The van der Waals surface area contributed by atoms with Gasteiger partial charge in [-0.15, -0.1) is 10.2 Å². The molecule has 1 aromatic carbocycles. The van der Waals surface area contributed by atoms with Crippen molar-refractivity contribution in [2.45, 2.75) is 40.2 Å². The Bertz CT molecular complexity index is 1040. The molecule has 0 spiro atoms. The van der Waals surface area contributed by atoms with Gasteiger partial charge in [0.15, 0.2) is 5.82 Å². The topological polar surface area (TPSA) is 111 Å². The summed E-state index contributed by atoms with van der Waals surface area (Å²) < 4.78 is 6.50. The number of hydrogen-bond acceptors (Lipinski definition) is 7. The lowest BCUT2D eigenvalue weighted by Gasteiger charge is -2.22. The number of fused-ring (bicyclic) bond motifs is 1. The highest BCUT2D eigenvalue weighted by Crippen LogP contribution is 2.29. The summed E-state index contributed by atoms with van der Waals surface area (Å²) in [6.45, 7) is 7.58. The molecule has 2 heterocycles. The minimum absolute atomic E-state index is 0.0518. The molecule has 2 atom stereocenters. The number of carbonyl (C=O) groups is 2. The molecule has 9 nitrogen and oxygen atoms in total. The average molecular weight is 417 g/mol. The van der Waals surface area contributed by atoms with E-state index in [2.05, 4.69) is 25.9 Å². The van der Waals surface area contributed by atoms with E-state index < -0.39 is 18.0 Å². The number of ether oxygens (including phenoxy) is 1. The third-order valence-electron chi connectivity index (χ3n) is 4.83. The van der Waals surface area contributed by atoms with E-state index in [0.29, 0.717) is 16.5 Å². The highest BCUT2D eigenvalue weighted by atomic mass is 32.1. The zero-order valence-electron chi connectivity index (χ0n) is 17.0. The molecule has 0 saturated carbocycles. The maximum Gasteiger partial charge on any atom is 0.328 e. The van der Waals surface area contributed by atoms with Gasteiger partial charge in [-0.1, -0.05) is 43.7 Å². The molecule has 0 aliphatic carbocycles. The van der Waals surface area contributed by atoms with E-state index in [9.17, 15) is 9.59 Å². The van der Waals surface area contributed by atoms with Gasteiger partial charge in [-0.25, -0.2) is 9.59 Å². The van der Waals surface area contributed by atoms with Gasteiger partial charge in [0.05, 0.1) is 7.11 Å². The summed E-state index contributed by atoms with van der Waals surface area (Å²) >= 11 is 1.42. The molecule has 3 rings (SSSR count). The minimum Gasteiger partial charge on any atom is -0.467 e. The van der Waals surface area contributed by atoms with Crippen LogP contribution in [0.1, 0.15) is 31.7 Å². The maximum absolute atomic E-state index is 12.5. The maximum atomic E-state index is 12.5. The number of hydrogen-bond donors (Lipinski definition) is 2. The first-order valence-corrected chi connectivity index (χ1v) is 10.1. The van der Waals surface area contributed by atoms with Crippen LogP contribution in [0.3, 0.4) is 0 Å².